The molecule has 2 aromatic carbocycles. The average Bonchev–Trinajstić information content (AvgIpc) is 3.50. The molecule has 0 bridgehead atoms. The number of hydrogen-bond donors (Lipinski definition) is 4. The zero-order valence-electron chi connectivity index (χ0n) is 17.5. The van der Waals surface area contributed by atoms with Crippen LogP contribution in [0.25, 0.3) is 22.6 Å². The van der Waals surface area contributed by atoms with Gasteiger partial charge in [-0.05, 0) is 64.9 Å². The number of carboxylic acid groups (broad SMARTS) is 1. The number of aromatic nitrogens is 4. The minimum Gasteiger partial charge on any atom is -0.507 e. The zero-order valence-corrected chi connectivity index (χ0v) is 19.1. The molecular formula is C22H14BrN7O5. The predicted molar refractivity (Wildman–Crippen MR) is 129 cm³/mol. The summed E-state index contributed by atoms with van der Waals surface area (Å²) in [7, 11) is 0. The molecular weight excluding hydrogens is 522 g/mol. The van der Waals surface area contributed by atoms with Gasteiger partial charge in [0.2, 0.25) is 11.3 Å². The molecule has 0 aliphatic carbocycles. The van der Waals surface area contributed by atoms with Crippen molar-refractivity contribution in [1.82, 2.24) is 20.3 Å². The van der Waals surface area contributed by atoms with Crippen LogP contribution >= 0.6 is 15.9 Å². The van der Waals surface area contributed by atoms with Gasteiger partial charge in [0, 0.05) is 15.7 Å². The number of aromatic hydroxyl groups is 1. The van der Waals surface area contributed by atoms with Crippen LogP contribution in [0.15, 0.2) is 73.2 Å². The summed E-state index contributed by atoms with van der Waals surface area (Å²) in [5.41, 5.74) is 4.25. The molecule has 0 spiro atoms. The van der Waals surface area contributed by atoms with E-state index >= 15 is 0 Å². The number of hydrogen-bond acceptors (Lipinski definition) is 11. The van der Waals surface area contributed by atoms with Gasteiger partial charge in [0.25, 0.3) is 0 Å². The van der Waals surface area contributed by atoms with E-state index in [2.05, 4.69) is 52.1 Å². The lowest BCUT2D eigenvalue weighted by molar-refractivity contribution is 0.0694. The molecule has 5 aromatic rings. The summed E-state index contributed by atoms with van der Waals surface area (Å²) in [4.78, 5) is 20.0. The first-order valence-corrected chi connectivity index (χ1v) is 10.7. The lowest BCUT2D eigenvalue weighted by Crippen LogP contribution is -2.03. The smallest absolute Gasteiger partial charge is 0.339 e. The molecule has 13 heteroatoms. The molecule has 0 amide bonds. The van der Waals surface area contributed by atoms with Crippen LogP contribution in [0.1, 0.15) is 16.1 Å². The number of phenols is 1. The van der Waals surface area contributed by atoms with Gasteiger partial charge in [-0.25, -0.2) is 14.4 Å². The Morgan fingerprint density at radius 3 is 2.49 bits per heavy atom. The van der Waals surface area contributed by atoms with Crippen LogP contribution in [0.3, 0.4) is 0 Å². The number of halogens is 1. The van der Waals surface area contributed by atoms with Gasteiger partial charge >= 0.3 is 5.97 Å². The van der Waals surface area contributed by atoms with E-state index in [-0.39, 0.29) is 28.4 Å². The first-order valence-electron chi connectivity index (χ1n) is 9.95. The molecule has 0 saturated carbocycles. The number of rotatable bonds is 7. The maximum atomic E-state index is 11.3. The van der Waals surface area contributed by atoms with E-state index < -0.39 is 5.97 Å². The van der Waals surface area contributed by atoms with Gasteiger partial charge in [-0.15, -0.1) is 0 Å². The fourth-order valence-electron chi connectivity index (χ4n) is 3.07. The largest absolute Gasteiger partial charge is 0.507 e. The molecule has 0 unspecified atom stereocenters. The molecule has 4 N–H and O–H groups in total. The van der Waals surface area contributed by atoms with Crippen LogP contribution < -0.4 is 10.7 Å². The Bertz CT molecular complexity index is 1560. The lowest BCUT2D eigenvalue weighted by Gasteiger charge is -2.09. The summed E-state index contributed by atoms with van der Waals surface area (Å²) in [6.45, 7) is 0. The summed E-state index contributed by atoms with van der Waals surface area (Å²) in [6, 6.07) is 14.9. The number of nitrogens with one attached hydrogen (secondary N) is 2. The number of hydrazone groups is 1. The Balaban J connectivity index is 1.37. The third-order valence-electron chi connectivity index (χ3n) is 4.72. The first kappa shape index (κ1) is 22.0. The number of nitrogens with zero attached hydrogens (tertiary/aromatic N) is 5. The molecule has 3 aromatic heterocycles. The van der Waals surface area contributed by atoms with Crippen molar-refractivity contribution >= 4 is 56.7 Å². The quantitative estimate of drug-likeness (QED) is 0.169. The van der Waals surface area contributed by atoms with Gasteiger partial charge < -0.3 is 19.9 Å². The second-order valence-corrected chi connectivity index (χ2v) is 7.99. The predicted octanol–water partition coefficient (Wildman–Crippen LogP) is 4.63. The highest BCUT2D eigenvalue weighted by molar-refractivity contribution is 9.10. The van der Waals surface area contributed by atoms with Crippen LogP contribution in [0.2, 0.25) is 0 Å². The van der Waals surface area contributed by atoms with E-state index in [9.17, 15) is 15.0 Å². The van der Waals surface area contributed by atoms with Crippen molar-refractivity contribution in [3.05, 3.63) is 70.4 Å². The maximum Gasteiger partial charge on any atom is 0.339 e. The molecule has 35 heavy (non-hydrogen) atoms. The molecule has 0 saturated heterocycles. The fraction of sp³-hybridized carbons (Fsp3) is 0. The van der Waals surface area contributed by atoms with Gasteiger partial charge in [0.15, 0.2) is 11.6 Å². The van der Waals surface area contributed by atoms with Crippen LogP contribution in [0, 0.1) is 0 Å². The van der Waals surface area contributed by atoms with Gasteiger partial charge in [0.1, 0.15) is 22.8 Å². The van der Waals surface area contributed by atoms with Crippen LogP contribution in [0.5, 0.6) is 5.75 Å². The van der Waals surface area contributed by atoms with Crippen molar-refractivity contribution in [2.24, 2.45) is 5.10 Å². The van der Waals surface area contributed by atoms with E-state index in [4.69, 9.17) is 9.05 Å². The molecule has 3 heterocycles. The average molecular weight is 536 g/mol. The van der Waals surface area contributed by atoms with Crippen molar-refractivity contribution in [2.75, 3.05) is 10.7 Å². The summed E-state index contributed by atoms with van der Waals surface area (Å²) in [5, 5.41) is 33.6. The number of carbonyl (C=O) groups is 1. The van der Waals surface area contributed by atoms with E-state index in [0.717, 1.165) is 10.2 Å². The molecule has 0 fully saturated rings. The van der Waals surface area contributed by atoms with Crippen LogP contribution in [-0.4, -0.2) is 42.7 Å². The Kier molecular flexibility index (Phi) is 5.81. The number of anilines is 3. The molecule has 0 aliphatic rings. The highest BCUT2D eigenvalue weighted by Crippen LogP contribution is 2.28. The Labute approximate surface area is 204 Å². The normalized spacial score (nSPS) is 11.2. The number of aromatic carboxylic acids is 1. The second kappa shape index (κ2) is 9.23. The Morgan fingerprint density at radius 1 is 1.00 bits per heavy atom. The first-order chi connectivity index (χ1) is 17.0. The van der Waals surface area contributed by atoms with Crippen molar-refractivity contribution < 1.29 is 24.1 Å². The topological polar surface area (TPSA) is 172 Å². The van der Waals surface area contributed by atoms with E-state index in [1.54, 1.807) is 18.2 Å². The highest BCUT2D eigenvalue weighted by Gasteiger charge is 2.14. The number of fused-ring (bicyclic) bond motifs is 1. The molecule has 0 aliphatic heterocycles. The number of carboxylic acids is 1. The third kappa shape index (κ3) is 4.79. The number of benzene rings is 2. The monoisotopic (exact) mass is 535 g/mol. The van der Waals surface area contributed by atoms with Gasteiger partial charge in [-0.3, -0.25) is 5.43 Å². The molecule has 12 nitrogen and oxygen atoms in total. The third-order valence-corrected chi connectivity index (χ3v) is 5.25. The summed E-state index contributed by atoms with van der Waals surface area (Å²) >= 11 is 3.39. The van der Waals surface area contributed by atoms with Crippen LogP contribution in [-0.2, 0) is 0 Å². The zero-order chi connectivity index (χ0) is 24.4. The molecule has 5 rings (SSSR count). The van der Waals surface area contributed by atoms with Gasteiger partial charge in [0.05, 0.1) is 6.21 Å². The van der Waals surface area contributed by atoms with Gasteiger partial charge in [-0.2, -0.15) is 10.1 Å². The second-order valence-electron chi connectivity index (χ2n) is 7.07. The summed E-state index contributed by atoms with van der Waals surface area (Å²) < 4.78 is 11.3. The van der Waals surface area contributed by atoms with Crippen molar-refractivity contribution in [2.45, 2.75) is 0 Å². The van der Waals surface area contributed by atoms with E-state index in [1.807, 2.05) is 24.3 Å². The minimum atomic E-state index is -1.24. The van der Waals surface area contributed by atoms with Crippen molar-refractivity contribution in [3.8, 4) is 17.1 Å². The standard InChI is InChI=1S/C22H14BrN7O5/c23-12-2-4-13(5-3-12)25-18-19(27-21-20(26-18)29-35-30-21)28-24-10-14-6-8-17(34-14)11-1-7-16(31)15(9-11)22(32)33/h1-10,31H,(H,32,33)(H,25,26,29)(H,27,28,30)/b24-10-. The SMILES string of the molecule is O=C(O)c1cc(-c2ccc(/C=N\Nc3nc4nonc4nc3Nc3ccc(Br)cc3)o2)ccc1O. The summed E-state index contributed by atoms with van der Waals surface area (Å²) in [6.07, 6.45) is 1.42. The van der Waals surface area contributed by atoms with E-state index in [0.29, 0.717) is 22.9 Å². The molecule has 174 valence electrons. The fourth-order valence-corrected chi connectivity index (χ4v) is 3.33. The molecule has 0 atom stereocenters. The number of furan rings is 1. The van der Waals surface area contributed by atoms with Crippen molar-refractivity contribution in [3.63, 3.8) is 0 Å². The molecule has 0 radical (unpaired) electrons. The maximum absolute atomic E-state index is 11.3. The van der Waals surface area contributed by atoms with Gasteiger partial charge in [-0.1, -0.05) is 15.9 Å². The Morgan fingerprint density at radius 2 is 1.74 bits per heavy atom. The summed E-state index contributed by atoms with van der Waals surface area (Å²) in [5.74, 6) is -0.165. The highest BCUT2D eigenvalue weighted by atomic mass is 79.9. The Hall–Kier alpha value is -4.78. The lowest BCUT2D eigenvalue weighted by atomic mass is 10.1. The van der Waals surface area contributed by atoms with E-state index in [1.165, 1.54) is 18.3 Å². The van der Waals surface area contributed by atoms with Crippen molar-refractivity contribution in [1.29, 1.82) is 0 Å². The van der Waals surface area contributed by atoms with Crippen LogP contribution in [0.4, 0.5) is 17.3 Å². The minimum absolute atomic E-state index is 0.200.